The topological polar surface area (TPSA) is 0 Å². The predicted octanol–water partition coefficient (Wildman–Crippen LogP) is 24.0. The lowest BCUT2D eigenvalue weighted by atomic mass is 9.86. The maximum Gasteiger partial charge on any atom is -0.000736 e. The van der Waals surface area contributed by atoms with Crippen LogP contribution in [0.3, 0.4) is 0 Å². The molecule has 11 rings (SSSR count). The summed E-state index contributed by atoms with van der Waals surface area (Å²) in [5.41, 5.74) is 30.8. The van der Waals surface area contributed by atoms with Crippen LogP contribution in [0.25, 0.3) is 0 Å². The van der Waals surface area contributed by atoms with Gasteiger partial charge in [0, 0.05) is 0 Å². The third-order valence-electron chi connectivity index (χ3n) is 20.8. The van der Waals surface area contributed by atoms with E-state index in [1.807, 2.05) is 36.4 Å². The van der Waals surface area contributed by atoms with Gasteiger partial charge in [-0.1, -0.05) is 358 Å². The summed E-state index contributed by atoms with van der Waals surface area (Å²) >= 11 is 0. The van der Waals surface area contributed by atoms with Gasteiger partial charge in [0.25, 0.3) is 0 Å². The summed E-state index contributed by atoms with van der Waals surface area (Å²) in [5.74, 6) is 6.28. The average Bonchev–Trinajstić information content (AvgIpc) is 0.753. The molecule has 0 saturated heterocycles. The molecule has 0 amide bonds. The van der Waals surface area contributed by atoms with Gasteiger partial charge >= 0.3 is 0 Å². The Morgan fingerprint density at radius 2 is 0.357 bits per heavy atom. The smallest absolute Gasteiger partial charge is 0.000736 e. The van der Waals surface area contributed by atoms with Crippen LogP contribution < -0.4 is 42.4 Å². The van der Waals surface area contributed by atoms with Crippen molar-refractivity contribution in [2.45, 2.75) is 263 Å². The molecule has 0 saturated carbocycles. The van der Waals surface area contributed by atoms with Crippen molar-refractivity contribution in [3.8, 4) is 0 Å². The SMILES string of the molecule is CC(C)c1cc(C(C)C)c(Pc2cccc3c2Cc2c(cccc2Pc2c(C(C)C)cc(C(C)C)cc2C(C)C)C3)c(C(C)C)c1.CC(C)c1cc(C(C)C)c(Pc2cccc3c2Cc2c(cccc2Pc2c(C(C)C)cc(C(C)C)cc2C(C)C)C3)c(C(C)C)c1.c1ccccc1. The molecule has 4 unspecified atom stereocenters. The predicted molar refractivity (Wildman–Crippen MR) is 449 cm³/mol. The molecule has 0 N–H and O–H groups in total. The normalized spacial score (nSPS) is 13.3. The first-order chi connectivity index (χ1) is 46.5. The van der Waals surface area contributed by atoms with E-state index in [2.05, 4.69) is 287 Å². The lowest BCUT2D eigenvalue weighted by Gasteiger charge is -2.28. The Hall–Kier alpha value is -5.30. The first-order valence-electron chi connectivity index (χ1n) is 37.7. The van der Waals surface area contributed by atoms with Crippen molar-refractivity contribution < 1.29 is 0 Å². The molecule has 2 aliphatic rings. The van der Waals surface area contributed by atoms with E-state index in [1.54, 1.807) is 109 Å². The Kier molecular flexibility index (Phi) is 26.8. The van der Waals surface area contributed by atoms with E-state index in [4.69, 9.17) is 0 Å². The van der Waals surface area contributed by atoms with Crippen LogP contribution in [0.1, 0.15) is 348 Å². The summed E-state index contributed by atoms with van der Waals surface area (Å²) in [4.78, 5) is 0. The van der Waals surface area contributed by atoms with E-state index >= 15 is 0 Å². The van der Waals surface area contributed by atoms with Crippen molar-refractivity contribution in [2.75, 3.05) is 0 Å². The van der Waals surface area contributed by atoms with E-state index in [0.29, 0.717) is 105 Å². The number of hydrogen-bond acceptors (Lipinski definition) is 0. The second kappa shape index (κ2) is 34.1. The molecule has 4 atom stereocenters. The zero-order valence-corrected chi connectivity index (χ0v) is 68.8. The maximum absolute atomic E-state index is 2.52. The fourth-order valence-electron chi connectivity index (χ4n) is 14.6. The molecule has 2 aliphatic carbocycles. The van der Waals surface area contributed by atoms with Gasteiger partial charge in [0.15, 0.2) is 0 Å². The standard InChI is InChI=1S/2C44H58P2.C6H6/c2*1-25(2)33-20-35(27(5)6)43(36(21-33)28(7)8)45-41-17-13-15-31-19-32-16-14-18-42(40(32)24-39(31)41)46-44-37(29(9)10)22-34(26(3)4)23-38(44)30(11)12;1-2-4-6-5-3-1/h2*13-18,20-23,25-30,45-46H,19,24H2,1-12H3;1-6H. The van der Waals surface area contributed by atoms with Gasteiger partial charge < -0.3 is 0 Å². The van der Waals surface area contributed by atoms with Gasteiger partial charge in [-0.25, -0.2) is 0 Å². The van der Waals surface area contributed by atoms with Crippen molar-refractivity contribution in [3.63, 3.8) is 0 Å². The fourth-order valence-corrected chi connectivity index (χ4v) is 22.0. The van der Waals surface area contributed by atoms with Gasteiger partial charge in [0.1, 0.15) is 0 Å². The van der Waals surface area contributed by atoms with Crippen LogP contribution in [-0.4, -0.2) is 0 Å². The molecule has 0 radical (unpaired) electrons. The van der Waals surface area contributed by atoms with E-state index < -0.39 is 0 Å². The van der Waals surface area contributed by atoms with Crippen LogP contribution in [0.15, 0.2) is 158 Å². The quantitative estimate of drug-likeness (QED) is 0.0667. The highest BCUT2D eigenvalue weighted by Crippen LogP contribution is 2.40. The summed E-state index contributed by atoms with van der Waals surface area (Å²) < 4.78 is 0. The van der Waals surface area contributed by atoms with Gasteiger partial charge in [-0.05, 0) is 250 Å². The van der Waals surface area contributed by atoms with Crippen LogP contribution in [0.2, 0.25) is 0 Å². The van der Waals surface area contributed by atoms with Gasteiger partial charge in [-0.15, -0.1) is 0 Å². The molecule has 0 aromatic heterocycles. The van der Waals surface area contributed by atoms with E-state index in [1.165, 1.54) is 44.5 Å². The minimum absolute atomic E-state index is 0.513. The van der Waals surface area contributed by atoms with Crippen molar-refractivity contribution in [1.82, 2.24) is 0 Å². The molecule has 0 spiro atoms. The molecule has 0 aliphatic heterocycles. The van der Waals surface area contributed by atoms with Crippen molar-refractivity contribution in [2.24, 2.45) is 0 Å². The fraction of sp³-hybridized carbons (Fsp3) is 0.426. The summed E-state index contributed by atoms with van der Waals surface area (Å²) in [6.07, 6.45) is 4.19. The molecule has 518 valence electrons. The molecular weight excluding hydrogens is 1250 g/mol. The third kappa shape index (κ3) is 18.1. The highest BCUT2D eigenvalue weighted by atomic mass is 31.1. The number of hydrogen-bond donors (Lipinski definition) is 0. The first kappa shape index (κ1) is 76.9. The Balaban J connectivity index is 0.000000211. The molecule has 0 nitrogen and oxygen atoms in total. The highest BCUT2D eigenvalue weighted by molar-refractivity contribution is 7.57. The van der Waals surface area contributed by atoms with Crippen LogP contribution in [-0.2, 0) is 25.7 Å². The van der Waals surface area contributed by atoms with Crippen molar-refractivity contribution in [3.05, 3.63) is 269 Å². The lowest BCUT2D eigenvalue weighted by Crippen LogP contribution is -2.25. The summed E-state index contributed by atoms with van der Waals surface area (Å²) in [7, 11) is 2.73. The molecule has 98 heavy (non-hydrogen) atoms. The van der Waals surface area contributed by atoms with Gasteiger partial charge in [-0.2, -0.15) is 0 Å². The highest BCUT2D eigenvalue weighted by Gasteiger charge is 2.29. The minimum Gasteiger partial charge on any atom is -0.0623 e. The zero-order valence-electron chi connectivity index (χ0n) is 64.8. The third-order valence-corrected chi connectivity index (χ3v) is 27.1. The monoisotopic (exact) mass is 1370 g/mol. The maximum atomic E-state index is 2.52. The molecule has 4 heteroatoms. The van der Waals surface area contributed by atoms with E-state index in [0.717, 1.165) is 25.7 Å². The molecule has 0 bridgehead atoms. The van der Waals surface area contributed by atoms with Gasteiger partial charge in [0.05, 0.1) is 0 Å². The summed E-state index contributed by atoms with van der Waals surface area (Å²) in [6.45, 7) is 56.8. The Morgan fingerprint density at radius 3 is 0.500 bits per heavy atom. The van der Waals surface area contributed by atoms with E-state index in [-0.39, 0.29) is 0 Å². The zero-order chi connectivity index (χ0) is 71.1. The van der Waals surface area contributed by atoms with Crippen molar-refractivity contribution >= 4 is 76.8 Å². The lowest BCUT2D eigenvalue weighted by molar-refractivity contribution is 0.813. The first-order valence-corrected chi connectivity index (χ1v) is 41.7. The molecule has 0 fully saturated rings. The van der Waals surface area contributed by atoms with Crippen LogP contribution in [0.4, 0.5) is 0 Å². The second-order valence-corrected chi connectivity index (χ2v) is 37.4. The summed E-state index contributed by atoms with van der Waals surface area (Å²) in [5, 5.41) is 12.6. The van der Waals surface area contributed by atoms with Gasteiger partial charge in [0.2, 0.25) is 0 Å². The minimum atomic E-state index is 0.513. The molecule has 9 aromatic rings. The molecular formula is C94H122P4. The molecule has 0 heterocycles. The Labute approximate surface area is 604 Å². The van der Waals surface area contributed by atoms with E-state index in [9.17, 15) is 0 Å². The Bertz CT molecular complexity index is 3530. The van der Waals surface area contributed by atoms with Gasteiger partial charge in [-0.3, -0.25) is 0 Å². The number of rotatable bonds is 20. The summed E-state index contributed by atoms with van der Waals surface area (Å²) in [6, 6.07) is 60.8. The number of fused-ring (bicyclic) bond motifs is 4. The largest absolute Gasteiger partial charge is 0.0623 e. The van der Waals surface area contributed by atoms with Crippen LogP contribution in [0.5, 0.6) is 0 Å². The molecule has 9 aromatic carbocycles. The number of benzene rings is 9. The van der Waals surface area contributed by atoms with Crippen LogP contribution >= 0.6 is 34.3 Å². The Morgan fingerprint density at radius 1 is 0.194 bits per heavy atom. The second-order valence-electron chi connectivity index (χ2n) is 32.3. The average molecular weight is 1380 g/mol. The van der Waals surface area contributed by atoms with Crippen molar-refractivity contribution in [1.29, 1.82) is 0 Å². The van der Waals surface area contributed by atoms with Crippen LogP contribution in [0, 0.1) is 0 Å².